The molecule has 0 aromatic rings. The Bertz CT molecular complexity index is 249. The van der Waals surface area contributed by atoms with Gasteiger partial charge in [-0.25, -0.2) is 0 Å². The van der Waals surface area contributed by atoms with Crippen molar-refractivity contribution in [2.45, 2.75) is 22.0 Å². The van der Waals surface area contributed by atoms with Crippen molar-refractivity contribution < 1.29 is 9.53 Å². The van der Waals surface area contributed by atoms with E-state index in [4.69, 9.17) is 46.4 Å². The van der Waals surface area contributed by atoms with E-state index >= 15 is 0 Å². The Morgan fingerprint density at radius 3 is 2.20 bits per heavy atom. The number of methoxy groups -OCH3 is 1. The number of rotatable bonds is 4. The fraction of sp³-hybridized carbons (Fsp3) is 0.667. The molecule has 88 valence electrons. The first-order valence-corrected chi connectivity index (χ1v) is 5.65. The number of ether oxygens (including phenoxy) is 1. The molecule has 0 aromatic carbocycles. The van der Waals surface area contributed by atoms with E-state index in [2.05, 4.69) is 11.3 Å². The van der Waals surface area contributed by atoms with Crippen LogP contribution in [-0.4, -0.2) is 21.7 Å². The summed E-state index contributed by atoms with van der Waals surface area (Å²) in [6.45, 7) is 5.25. The van der Waals surface area contributed by atoms with Crippen LogP contribution in [0.25, 0.3) is 0 Å². The number of carbonyl (C=O) groups excluding carboxylic acids is 1. The second kappa shape index (κ2) is 5.62. The Hall–Kier alpha value is 0.370. The van der Waals surface area contributed by atoms with Gasteiger partial charge in [0.2, 0.25) is 0 Å². The summed E-state index contributed by atoms with van der Waals surface area (Å²) in [6, 6.07) is 0. The maximum absolute atomic E-state index is 11.5. The molecule has 2 nitrogen and oxygen atoms in total. The summed E-state index contributed by atoms with van der Waals surface area (Å²) >= 11 is 23.0. The van der Waals surface area contributed by atoms with Crippen molar-refractivity contribution in [3.8, 4) is 0 Å². The van der Waals surface area contributed by atoms with Gasteiger partial charge in [0.25, 0.3) is 0 Å². The molecule has 0 aliphatic carbocycles. The Balaban J connectivity index is 5.03. The van der Waals surface area contributed by atoms with E-state index in [-0.39, 0.29) is 12.3 Å². The third-order valence-electron chi connectivity index (χ3n) is 2.06. The summed E-state index contributed by atoms with van der Waals surface area (Å²) in [6.07, 6.45) is 1.37. The second-order valence-electron chi connectivity index (χ2n) is 3.17. The largest absolute Gasteiger partial charge is 0.468 e. The van der Waals surface area contributed by atoms with Gasteiger partial charge in [0, 0.05) is 12.3 Å². The highest BCUT2D eigenvalue weighted by atomic mass is 35.6. The smallest absolute Gasteiger partial charge is 0.327 e. The van der Waals surface area contributed by atoms with Gasteiger partial charge in [0.1, 0.15) is 0 Å². The predicted molar refractivity (Wildman–Crippen MR) is 64.9 cm³/mol. The maximum Gasteiger partial charge on any atom is 0.327 e. The number of hydrogen-bond acceptors (Lipinski definition) is 2. The number of halogens is 4. The third-order valence-corrected chi connectivity index (χ3v) is 3.09. The summed E-state index contributed by atoms with van der Waals surface area (Å²) in [7, 11) is 1.23. The van der Waals surface area contributed by atoms with Gasteiger partial charge in [-0.3, -0.25) is 4.79 Å². The Kier molecular flexibility index (Phi) is 5.76. The first kappa shape index (κ1) is 15.4. The minimum Gasteiger partial charge on any atom is -0.468 e. The van der Waals surface area contributed by atoms with Gasteiger partial charge in [0.05, 0.1) is 7.11 Å². The zero-order chi connectivity index (χ0) is 12.3. The van der Waals surface area contributed by atoms with Crippen LogP contribution in [-0.2, 0) is 9.53 Å². The molecule has 0 spiro atoms. The minimum absolute atomic E-state index is 0.147. The molecule has 0 N–H and O–H groups in total. The van der Waals surface area contributed by atoms with Crippen molar-refractivity contribution in [3.05, 3.63) is 12.7 Å². The molecular formula is C9H12Cl4O2. The van der Waals surface area contributed by atoms with Gasteiger partial charge in [-0.15, -0.1) is 18.2 Å². The van der Waals surface area contributed by atoms with Crippen LogP contribution in [0.5, 0.6) is 0 Å². The Morgan fingerprint density at radius 2 is 1.93 bits per heavy atom. The predicted octanol–water partition coefficient (Wildman–Crippen LogP) is 3.72. The molecule has 0 saturated carbocycles. The van der Waals surface area contributed by atoms with Crippen LogP contribution in [0.4, 0.5) is 0 Å². The minimum atomic E-state index is -1.62. The van der Waals surface area contributed by atoms with Crippen molar-refractivity contribution in [2.75, 3.05) is 7.11 Å². The highest BCUT2D eigenvalue weighted by Crippen LogP contribution is 2.42. The molecule has 2 unspecified atom stereocenters. The van der Waals surface area contributed by atoms with Gasteiger partial charge in [-0.2, -0.15) is 0 Å². The Morgan fingerprint density at radius 1 is 1.47 bits per heavy atom. The van der Waals surface area contributed by atoms with Crippen LogP contribution in [0.15, 0.2) is 12.7 Å². The molecule has 0 heterocycles. The molecule has 0 amide bonds. The van der Waals surface area contributed by atoms with Crippen LogP contribution >= 0.6 is 46.4 Å². The molecule has 0 rings (SSSR count). The van der Waals surface area contributed by atoms with Crippen molar-refractivity contribution in [2.24, 2.45) is 5.92 Å². The molecule has 0 radical (unpaired) electrons. The molecule has 0 aliphatic heterocycles. The van der Waals surface area contributed by atoms with E-state index < -0.39 is 14.6 Å². The fourth-order valence-corrected chi connectivity index (χ4v) is 2.27. The Labute approximate surface area is 109 Å². The van der Waals surface area contributed by atoms with Gasteiger partial charge >= 0.3 is 5.97 Å². The van der Waals surface area contributed by atoms with E-state index in [1.807, 2.05) is 0 Å². The molecule has 0 aromatic heterocycles. The topological polar surface area (TPSA) is 26.3 Å². The van der Waals surface area contributed by atoms with E-state index in [0.717, 1.165) is 0 Å². The molecule has 0 bridgehead atoms. The summed E-state index contributed by atoms with van der Waals surface area (Å²) < 4.78 is 2.97. The van der Waals surface area contributed by atoms with Crippen molar-refractivity contribution >= 4 is 52.4 Å². The summed E-state index contributed by atoms with van der Waals surface area (Å²) in [5, 5.41) is 0. The van der Waals surface area contributed by atoms with E-state index in [9.17, 15) is 4.79 Å². The lowest BCUT2D eigenvalue weighted by molar-refractivity contribution is -0.145. The molecule has 0 saturated heterocycles. The molecule has 6 heteroatoms. The van der Waals surface area contributed by atoms with Gasteiger partial charge in [-0.1, -0.05) is 47.8 Å². The number of carbonyl (C=O) groups is 1. The molecule has 0 aliphatic rings. The fourth-order valence-electron chi connectivity index (χ4n) is 1.07. The van der Waals surface area contributed by atoms with Gasteiger partial charge < -0.3 is 4.74 Å². The van der Waals surface area contributed by atoms with E-state index in [0.29, 0.717) is 0 Å². The van der Waals surface area contributed by atoms with Crippen molar-refractivity contribution in [1.82, 2.24) is 0 Å². The highest BCUT2D eigenvalue weighted by molar-refractivity contribution is 6.68. The average molecular weight is 294 g/mol. The standard InChI is InChI=1S/C9H12Cl4O2/c1-4-6(2)8(10,7(14)15-3)5-9(11,12)13/h4,6H,1,5H2,2-3H3. The lowest BCUT2D eigenvalue weighted by Gasteiger charge is -2.31. The van der Waals surface area contributed by atoms with E-state index in [1.165, 1.54) is 13.2 Å². The zero-order valence-corrected chi connectivity index (χ0v) is 11.4. The normalized spacial score (nSPS) is 17.7. The third kappa shape index (κ3) is 4.39. The quantitative estimate of drug-likeness (QED) is 0.449. The molecule has 2 atom stereocenters. The van der Waals surface area contributed by atoms with Crippen LogP contribution in [0, 0.1) is 5.92 Å². The first-order chi connectivity index (χ1) is 6.67. The monoisotopic (exact) mass is 292 g/mol. The maximum atomic E-state index is 11.5. The number of hydrogen-bond donors (Lipinski definition) is 0. The average Bonchev–Trinajstić information content (AvgIpc) is 2.12. The molecule has 15 heavy (non-hydrogen) atoms. The number of alkyl halides is 4. The van der Waals surface area contributed by atoms with Crippen LogP contribution in [0.1, 0.15) is 13.3 Å². The summed E-state index contributed by atoms with van der Waals surface area (Å²) in [5.41, 5.74) is 0. The van der Waals surface area contributed by atoms with Crippen LogP contribution in [0.3, 0.4) is 0 Å². The summed E-state index contributed by atoms with van der Waals surface area (Å²) in [4.78, 5) is 10.1. The van der Waals surface area contributed by atoms with Crippen molar-refractivity contribution in [1.29, 1.82) is 0 Å². The van der Waals surface area contributed by atoms with Crippen molar-refractivity contribution in [3.63, 3.8) is 0 Å². The SMILES string of the molecule is C=CC(C)C(Cl)(CC(Cl)(Cl)Cl)C(=O)OC. The number of allylic oxidation sites excluding steroid dienone is 1. The lowest BCUT2D eigenvalue weighted by atomic mass is 9.90. The first-order valence-electron chi connectivity index (χ1n) is 4.14. The zero-order valence-electron chi connectivity index (χ0n) is 8.40. The van der Waals surface area contributed by atoms with Crippen LogP contribution in [0.2, 0.25) is 0 Å². The number of esters is 1. The van der Waals surface area contributed by atoms with Gasteiger partial charge in [-0.05, 0) is 0 Å². The molecular weight excluding hydrogens is 282 g/mol. The summed E-state index contributed by atoms with van der Waals surface area (Å²) in [5.74, 6) is -1.01. The van der Waals surface area contributed by atoms with Gasteiger partial charge in [0.15, 0.2) is 8.67 Å². The lowest BCUT2D eigenvalue weighted by Crippen LogP contribution is -2.42. The van der Waals surface area contributed by atoms with E-state index in [1.54, 1.807) is 6.92 Å². The molecule has 0 fully saturated rings. The highest BCUT2D eigenvalue weighted by Gasteiger charge is 2.47. The second-order valence-corrected chi connectivity index (χ2v) is 6.36. The van der Waals surface area contributed by atoms with Crippen LogP contribution < -0.4 is 0 Å².